The zero-order valence-electron chi connectivity index (χ0n) is 21.2. The highest BCUT2D eigenvalue weighted by atomic mass is 15.5. The molecular formula is C31H38N2. The Hall–Kier alpha value is -3.00. The molecule has 1 aliphatic rings. The second kappa shape index (κ2) is 9.09. The topological polar surface area (TPSA) is 15.3 Å². The lowest BCUT2D eigenvalue weighted by Gasteiger charge is -2.29. The van der Waals surface area contributed by atoms with Gasteiger partial charge in [-0.3, -0.25) is 10.4 Å². The molecular weight excluding hydrogens is 400 g/mol. The fraction of sp³-hybridized carbons (Fsp3) is 0.355. The Kier molecular flexibility index (Phi) is 6.38. The summed E-state index contributed by atoms with van der Waals surface area (Å²) in [6, 6.07) is 27.2. The summed E-state index contributed by atoms with van der Waals surface area (Å²) in [6.45, 7) is 15.7. The Balaban J connectivity index is 1.70. The van der Waals surface area contributed by atoms with Gasteiger partial charge >= 0.3 is 0 Å². The minimum absolute atomic E-state index is 0.131. The molecule has 0 radical (unpaired) electrons. The number of hydrazine groups is 1. The van der Waals surface area contributed by atoms with Crippen molar-refractivity contribution in [3.63, 3.8) is 0 Å². The Labute approximate surface area is 200 Å². The summed E-state index contributed by atoms with van der Waals surface area (Å²) < 4.78 is 0. The van der Waals surface area contributed by atoms with Crippen molar-refractivity contribution in [2.45, 2.75) is 71.8 Å². The number of nitrogens with zero attached hydrogens (tertiary/aromatic N) is 1. The van der Waals surface area contributed by atoms with Crippen LogP contribution in [-0.2, 0) is 5.41 Å². The van der Waals surface area contributed by atoms with Crippen LogP contribution in [0.1, 0.15) is 94.2 Å². The van der Waals surface area contributed by atoms with Crippen molar-refractivity contribution in [1.82, 2.24) is 5.43 Å². The molecule has 0 spiro atoms. The average Bonchev–Trinajstić information content (AvgIpc) is 3.24. The van der Waals surface area contributed by atoms with E-state index in [0.717, 1.165) is 5.70 Å². The number of hydrogen-bond donors (Lipinski definition) is 1. The molecule has 1 unspecified atom stereocenters. The van der Waals surface area contributed by atoms with Crippen LogP contribution >= 0.6 is 0 Å². The average molecular weight is 439 g/mol. The number of hydrogen-bond acceptors (Lipinski definition) is 2. The van der Waals surface area contributed by atoms with E-state index >= 15 is 0 Å². The highest BCUT2D eigenvalue weighted by Crippen LogP contribution is 2.36. The van der Waals surface area contributed by atoms with Gasteiger partial charge < -0.3 is 0 Å². The van der Waals surface area contributed by atoms with Gasteiger partial charge in [0, 0.05) is 0 Å². The van der Waals surface area contributed by atoms with Gasteiger partial charge in [0.2, 0.25) is 0 Å². The largest absolute Gasteiger partial charge is 0.297 e. The number of benzene rings is 3. The van der Waals surface area contributed by atoms with E-state index in [1.807, 2.05) is 0 Å². The molecule has 1 aliphatic heterocycles. The summed E-state index contributed by atoms with van der Waals surface area (Å²) in [7, 11) is 0. The lowest BCUT2D eigenvalue weighted by atomic mass is 9.87. The van der Waals surface area contributed by atoms with E-state index in [0.29, 0.717) is 11.8 Å². The first kappa shape index (κ1) is 23.2. The molecule has 33 heavy (non-hydrogen) atoms. The molecule has 0 aliphatic carbocycles. The fourth-order valence-electron chi connectivity index (χ4n) is 4.35. The summed E-state index contributed by atoms with van der Waals surface area (Å²) in [4.78, 5) is 0. The smallest absolute Gasteiger partial charge is 0.0958 e. The van der Waals surface area contributed by atoms with E-state index in [4.69, 9.17) is 0 Å². The number of rotatable bonds is 5. The quantitative estimate of drug-likeness (QED) is 0.430. The molecule has 0 bridgehead atoms. The van der Waals surface area contributed by atoms with Crippen LogP contribution in [-0.4, -0.2) is 0 Å². The summed E-state index contributed by atoms with van der Waals surface area (Å²) >= 11 is 0. The van der Waals surface area contributed by atoms with Crippen molar-refractivity contribution >= 4 is 11.4 Å². The standard InChI is InChI=1S/C31H38N2/c1-21(2)23-8-12-25(13-9-23)29-20-30(26-14-10-24(11-15-26)22(3)4)33(32-29)28-18-16-27(17-19-28)31(5,6)7/h8-22,30,32H,1-7H3. The molecule has 2 nitrogen and oxygen atoms in total. The zero-order chi connectivity index (χ0) is 23.8. The molecule has 172 valence electrons. The predicted molar refractivity (Wildman–Crippen MR) is 143 cm³/mol. The minimum Gasteiger partial charge on any atom is -0.297 e. The fourth-order valence-corrected chi connectivity index (χ4v) is 4.35. The van der Waals surface area contributed by atoms with Gasteiger partial charge in [-0.25, -0.2) is 0 Å². The molecule has 0 fully saturated rings. The Morgan fingerprint density at radius 3 is 1.70 bits per heavy atom. The van der Waals surface area contributed by atoms with Crippen LogP contribution in [0, 0.1) is 0 Å². The lowest BCUT2D eigenvalue weighted by Crippen LogP contribution is -2.34. The van der Waals surface area contributed by atoms with Crippen LogP contribution in [0.4, 0.5) is 5.69 Å². The van der Waals surface area contributed by atoms with Crippen molar-refractivity contribution < 1.29 is 0 Å². The molecule has 3 aromatic carbocycles. The minimum atomic E-state index is 0.131. The van der Waals surface area contributed by atoms with E-state index in [9.17, 15) is 0 Å². The summed E-state index contributed by atoms with van der Waals surface area (Å²) in [5.41, 5.74) is 12.8. The van der Waals surface area contributed by atoms with E-state index < -0.39 is 0 Å². The molecule has 0 saturated carbocycles. The highest BCUT2D eigenvalue weighted by Gasteiger charge is 2.27. The molecule has 1 N–H and O–H groups in total. The highest BCUT2D eigenvalue weighted by molar-refractivity contribution is 5.72. The van der Waals surface area contributed by atoms with Crippen LogP contribution in [0.2, 0.25) is 0 Å². The molecule has 0 aromatic heterocycles. The van der Waals surface area contributed by atoms with Gasteiger partial charge in [0.15, 0.2) is 0 Å². The Morgan fingerprint density at radius 2 is 1.21 bits per heavy atom. The first-order valence-corrected chi connectivity index (χ1v) is 12.2. The maximum atomic E-state index is 3.71. The normalized spacial score (nSPS) is 16.3. The van der Waals surface area contributed by atoms with E-state index in [1.165, 1.54) is 33.5 Å². The number of anilines is 1. The molecule has 4 rings (SSSR count). The van der Waals surface area contributed by atoms with Gasteiger partial charge in [0.1, 0.15) is 0 Å². The molecule has 0 amide bonds. The van der Waals surface area contributed by atoms with Gasteiger partial charge in [0.25, 0.3) is 0 Å². The summed E-state index contributed by atoms with van der Waals surface area (Å²) in [5.74, 6) is 1.07. The zero-order valence-corrected chi connectivity index (χ0v) is 21.2. The van der Waals surface area contributed by atoms with Crippen molar-refractivity contribution in [1.29, 1.82) is 0 Å². The monoisotopic (exact) mass is 438 g/mol. The van der Waals surface area contributed by atoms with Gasteiger partial charge in [-0.1, -0.05) is 109 Å². The van der Waals surface area contributed by atoms with Crippen LogP contribution in [0.15, 0.2) is 78.9 Å². The van der Waals surface area contributed by atoms with E-state index in [-0.39, 0.29) is 11.5 Å². The third-order valence-electron chi connectivity index (χ3n) is 6.69. The van der Waals surface area contributed by atoms with Crippen molar-refractivity contribution in [3.05, 3.63) is 107 Å². The van der Waals surface area contributed by atoms with Crippen LogP contribution in [0.5, 0.6) is 0 Å². The van der Waals surface area contributed by atoms with Gasteiger partial charge in [-0.05, 0) is 63.3 Å². The first-order chi connectivity index (χ1) is 15.6. The van der Waals surface area contributed by atoms with E-state index in [2.05, 4.69) is 138 Å². The van der Waals surface area contributed by atoms with Gasteiger partial charge in [-0.15, -0.1) is 0 Å². The summed E-state index contributed by atoms with van der Waals surface area (Å²) in [5, 5.41) is 2.29. The van der Waals surface area contributed by atoms with E-state index in [1.54, 1.807) is 0 Å². The molecule has 3 aromatic rings. The molecule has 1 heterocycles. The second-order valence-corrected chi connectivity index (χ2v) is 10.9. The Bertz CT molecular complexity index is 1100. The maximum absolute atomic E-state index is 3.71. The first-order valence-electron chi connectivity index (χ1n) is 12.2. The molecule has 0 saturated heterocycles. The van der Waals surface area contributed by atoms with Crippen LogP contribution in [0.3, 0.4) is 0 Å². The van der Waals surface area contributed by atoms with Crippen molar-refractivity contribution in [3.8, 4) is 0 Å². The van der Waals surface area contributed by atoms with Crippen molar-refractivity contribution in [2.75, 3.05) is 5.01 Å². The SMILES string of the molecule is CC(C)c1ccc(C2=CC(c3ccc(C(C)C)cc3)N(c3ccc(C(C)(C)C)cc3)N2)cc1. The predicted octanol–water partition coefficient (Wildman–Crippen LogP) is 8.34. The third kappa shape index (κ3) is 5.00. The maximum Gasteiger partial charge on any atom is 0.0958 e. The third-order valence-corrected chi connectivity index (χ3v) is 6.69. The second-order valence-electron chi connectivity index (χ2n) is 10.9. The number of nitrogens with one attached hydrogen (secondary N) is 1. The lowest BCUT2D eigenvalue weighted by molar-refractivity contribution is 0.590. The molecule has 2 heteroatoms. The summed E-state index contributed by atoms with van der Waals surface area (Å²) in [6.07, 6.45) is 2.35. The van der Waals surface area contributed by atoms with Crippen LogP contribution < -0.4 is 10.4 Å². The van der Waals surface area contributed by atoms with Crippen molar-refractivity contribution in [2.24, 2.45) is 0 Å². The Morgan fingerprint density at radius 1 is 0.697 bits per heavy atom. The van der Waals surface area contributed by atoms with Gasteiger partial charge in [-0.2, -0.15) is 0 Å². The van der Waals surface area contributed by atoms with Gasteiger partial charge in [0.05, 0.1) is 17.4 Å². The van der Waals surface area contributed by atoms with Crippen LogP contribution in [0.25, 0.3) is 5.70 Å². The molecule has 1 atom stereocenters.